The molecule has 0 heterocycles. The number of methoxy groups -OCH3 is 4. The minimum Gasteiger partial charge on any atom is -0.497 e. The summed E-state index contributed by atoms with van der Waals surface area (Å²) >= 11 is 0. The normalized spacial score (nSPS) is 11.6. The van der Waals surface area contributed by atoms with E-state index < -0.39 is 40.2 Å². The third-order valence-electron chi connectivity index (χ3n) is 8.24. The highest BCUT2D eigenvalue weighted by Gasteiger charge is 2.36. The first-order valence-electron chi connectivity index (χ1n) is 16.4. The van der Waals surface area contributed by atoms with Gasteiger partial charge in [0, 0.05) is 31.6 Å². The highest BCUT2D eigenvalue weighted by Crippen LogP contribution is 2.38. The fourth-order valence-corrected chi connectivity index (χ4v) is 6.89. The zero-order valence-corrected chi connectivity index (χ0v) is 30.2. The van der Waals surface area contributed by atoms with Gasteiger partial charge in [-0.1, -0.05) is 55.8 Å². The first-order valence-corrected chi connectivity index (χ1v) is 17.8. The number of sulfonamides is 1. The van der Waals surface area contributed by atoms with Gasteiger partial charge in [-0.25, -0.2) is 12.8 Å². The topological polar surface area (TPSA) is 124 Å². The lowest BCUT2D eigenvalue weighted by Gasteiger charge is -2.34. The van der Waals surface area contributed by atoms with Crippen LogP contribution in [0.25, 0.3) is 0 Å². The zero-order valence-electron chi connectivity index (χ0n) is 29.4. The molecule has 11 nitrogen and oxygen atoms in total. The fraction of sp³-hybridized carbons (Fsp3) is 0.316. The van der Waals surface area contributed by atoms with Gasteiger partial charge >= 0.3 is 0 Å². The van der Waals surface area contributed by atoms with Gasteiger partial charge in [0.15, 0.2) is 11.5 Å². The Morgan fingerprint density at radius 3 is 2.08 bits per heavy atom. The van der Waals surface area contributed by atoms with E-state index >= 15 is 0 Å². The predicted octanol–water partition coefficient (Wildman–Crippen LogP) is 5.61. The van der Waals surface area contributed by atoms with Crippen LogP contribution in [0.2, 0.25) is 0 Å². The highest BCUT2D eigenvalue weighted by molar-refractivity contribution is 7.92. The number of ether oxygens (including phenoxy) is 4. The molecule has 0 aliphatic rings. The summed E-state index contributed by atoms with van der Waals surface area (Å²) in [5.74, 6) is -0.640. The van der Waals surface area contributed by atoms with Gasteiger partial charge in [-0.3, -0.25) is 13.9 Å². The molecule has 0 radical (unpaired) electrons. The molecule has 0 saturated heterocycles. The van der Waals surface area contributed by atoms with Crippen molar-refractivity contribution in [2.75, 3.05) is 45.8 Å². The summed E-state index contributed by atoms with van der Waals surface area (Å²) in [5.41, 5.74) is 1.35. The van der Waals surface area contributed by atoms with Crippen LogP contribution < -0.4 is 28.6 Å². The molecule has 272 valence electrons. The van der Waals surface area contributed by atoms with E-state index in [0.29, 0.717) is 23.6 Å². The van der Waals surface area contributed by atoms with Gasteiger partial charge in [0.2, 0.25) is 11.8 Å². The van der Waals surface area contributed by atoms with Gasteiger partial charge in [0.1, 0.15) is 29.9 Å². The summed E-state index contributed by atoms with van der Waals surface area (Å²) in [6.45, 7) is 1.53. The van der Waals surface area contributed by atoms with Gasteiger partial charge in [0.25, 0.3) is 10.0 Å². The Hall–Kier alpha value is -5.30. The molecule has 4 rings (SSSR count). The fourth-order valence-electron chi connectivity index (χ4n) is 5.46. The van der Waals surface area contributed by atoms with Crippen molar-refractivity contribution < 1.29 is 41.3 Å². The number of carbonyl (C=O) groups is 2. The molecule has 4 aromatic rings. The third kappa shape index (κ3) is 9.69. The molecule has 0 fully saturated rings. The van der Waals surface area contributed by atoms with E-state index in [0.717, 1.165) is 22.7 Å². The number of benzene rings is 4. The maximum absolute atomic E-state index is 14.8. The summed E-state index contributed by atoms with van der Waals surface area (Å²) in [5, 5.41) is 2.95. The van der Waals surface area contributed by atoms with Crippen molar-refractivity contribution in [2.24, 2.45) is 0 Å². The van der Waals surface area contributed by atoms with Crippen LogP contribution in [0.4, 0.5) is 10.1 Å². The second-order valence-corrected chi connectivity index (χ2v) is 13.4. The standard InChI is InChI=1S/C38H44FN3O8S/c1-6-7-21-40-38(44)33(22-27-11-9-8-10-12-27)41(25-28-13-15-29(39)16-14-28)37(43)26-42(32-23-30(47-2)17-19-34(32)48-3)51(45,46)31-18-20-35(49-4)36(24-31)50-5/h8-20,23-24,33H,6-7,21-22,25-26H2,1-5H3,(H,40,44)/t33-/m1/s1. The molecule has 4 aromatic carbocycles. The van der Waals surface area contributed by atoms with E-state index in [9.17, 15) is 22.4 Å². The lowest BCUT2D eigenvalue weighted by molar-refractivity contribution is -0.140. The van der Waals surface area contributed by atoms with Crippen molar-refractivity contribution in [3.8, 4) is 23.0 Å². The average Bonchev–Trinajstić information content (AvgIpc) is 3.15. The average molecular weight is 722 g/mol. The Balaban J connectivity index is 1.88. The molecule has 1 N–H and O–H groups in total. The van der Waals surface area contributed by atoms with Crippen LogP contribution >= 0.6 is 0 Å². The summed E-state index contributed by atoms with van der Waals surface area (Å²) < 4.78 is 65.8. The van der Waals surface area contributed by atoms with Crippen molar-refractivity contribution in [3.63, 3.8) is 0 Å². The number of amides is 2. The molecule has 0 saturated carbocycles. The molecule has 51 heavy (non-hydrogen) atoms. The van der Waals surface area contributed by atoms with E-state index in [2.05, 4.69) is 5.32 Å². The minimum absolute atomic E-state index is 0.0220. The molecular formula is C38H44FN3O8S. The van der Waals surface area contributed by atoms with Gasteiger partial charge in [-0.15, -0.1) is 0 Å². The first-order chi connectivity index (χ1) is 24.6. The van der Waals surface area contributed by atoms with E-state index in [1.165, 1.54) is 87.9 Å². The van der Waals surface area contributed by atoms with Crippen LogP contribution in [0.1, 0.15) is 30.9 Å². The van der Waals surface area contributed by atoms with Crippen molar-refractivity contribution in [1.82, 2.24) is 10.2 Å². The van der Waals surface area contributed by atoms with Gasteiger partial charge in [-0.2, -0.15) is 0 Å². The van der Waals surface area contributed by atoms with Crippen LogP contribution in [0.15, 0.2) is 95.9 Å². The second-order valence-electron chi connectivity index (χ2n) is 11.6. The summed E-state index contributed by atoms with van der Waals surface area (Å²) in [6, 6.07) is 22.4. The lowest BCUT2D eigenvalue weighted by atomic mass is 10.0. The van der Waals surface area contributed by atoms with Crippen molar-refractivity contribution in [2.45, 2.75) is 43.7 Å². The summed E-state index contributed by atoms with van der Waals surface area (Å²) in [4.78, 5) is 29.9. The Kier molecular flexibility index (Phi) is 13.7. The smallest absolute Gasteiger partial charge is 0.265 e. The SMILES string of the molecule is CCCCNC(=O)[C@@H](Cc1ccccc1)N(Cc1ccc(F)cc1)C(=O)CN(c1cc(OC)ccc1OC)S(=O)(=O)c1ccc(OC)c(OC)c1. The Morgan fingerprint density at radius 1 is 0.784 bits per heavy atom. The molecule has 0 spiro atoms. The molecule has 13 heteroatoms. The van der Waals surface area contributed by atoms with E-state index in [1.807, 2.05) is 37.3 Å². The largest absolute Gasteiger partial charge is 0.497 e. The van der Waals surface area contributed by atoms with Gasteiger partial charge in [-0.05, 0) is 53.9 Å². The number of rotatable bonds is 18. The number of hydrogen-bond donors (Lipinski definition) is 1. The zero-order chi connectivity index (χ0) is 37.0. The minimum atomic E-state index is -4.53. The number of halogens is 1. The Bertz CT molecular complexity index is 1870. The number of carbonyl (C=O) groups excluding carboxylic acids is 2. The molecular weight excluding hydrogens is 677 g/mol. The second kappa shape index (κ2) is 18.1. The van der Waals surface area contributed by atoms with E-state index in [4.69, 9.17) is 18.9 Å². The molecule has 2 amide bonds. The van der Waals surface area contributed by atoms with Crippen LogP contribution in [-0.2, 0) is 32.6 Å². The lowest BCUT2D eigenvalue weighted by Crippen LogP contribution is -2.53. The first kappa shape index (κ1) is 38.5. The van der Waals surface area contributed by atoms with Crippen molar-refractivity contribution >= 4 is 27.5 Å². The molecule has 1 atom stereocenters. The van der Waals surface area contributed by atoms with E-state index in [-0.39, 0.29) is 35.0 Å². The number of nitrogens with one attached hydrogen (secondary N) is 1. The molecule has 0 unspecified atom stereocenters. The third-order valence-corrected chi connectivity index (χ3v) is 10.00. The summed E-state index contributed by atoms with van der Waals surface area (Å²) in [6.07, 6.45) is 1.70. The van der Waals surface area contributed by atoms with Crippen LogP contribution in [0.3, 0.4) is 0 Å². The van der Waals surface area contributed by atoms with Crippen molar-refractivity contribution in [3.05, 3.63) is 108 Å². The van der Waals surface area contributed by atoms with Crippen LogP contribution in [-0.4, -0.2) is 72.7 Å². The highest BCUT2D eigenvalue weighted by atomic mass is 32.2. The molecule has 0 bridgehead atoms. The number of anilines is 1. The van der Waals surface area contributed by atoms with Crippen LogP contribution in [0.5, 0.6) is 23.0 Å². The maximum Gasteiger partial charge on any atom is 0.265 e. The Labute approximate surface area is 298 Å². The number of hydrogen-bond acceptors (Lipinski definition) is 8. The Morgan fingerprint density at radius 2 is 1.45 bits per heavy atom. The molecule has 0 aliphatic heterocycles. The monoisotopic (exact) mass is 721 g/mol. The quantitative estimate of drug-likeness (QED) is 0.132. The van der Waals surface area contributed by atoms with E-state index in [1.54, 1.807) is 6.07 Å². The van der Waals surface area contributed by atoms with Gasteiger partial charge in [0.05, 0.1) is 39.0 Å². The molecule has 0 aromatic heterocycles. The predicted molar refractivity (Wildman–Crippen MR) is 192 cm³/mol. The van der Waals surface area contributed by atoms with Crippen molar-refractivity contribution in [1.29, 1.82) is 0 Å². The number of nitrogens with zero attached hydrogens (tertiary/aromatic N) is 2. The summed E-state index contributed by atoms with van der Waals surface area (Å²) in [7, 11) is 1.09. The molecule has 0 aliphatic carbocycles. The van der Waals surface area contributed by atoms with Gasteiger partial charge < -0.3 is 29.2 Å². The number of unbranched alkanes of at least 4 members (excludes halogenated alkanes) is 1. The van der Waals surface area contributed by atoms with Crippen LogP contribution in [0, 0.1) is 5.82 Å². The maximum atomic E-state index is 14.8.